The first-order valence-electron chi connectivity index (χ1n) is 5.94. The van der Waals surface area contributed by atoms with E-state index in [1.807, 2.05) is 0 Å². The Balaban J connectivity index is 2.40. The third-order valence-corrected chi connectivity index (χ3v) is 4.33. The van der Waals surface area contributed by atoms with Gasteiger partial charge in [-0.15, -0.1) is 0 Å². The van der Waals surface area contributed by atoms with Crippen LogP contribution in [0.3, 0.4) is 0 Å². The molecule has 0 bridgehead atoms. The third kappa shape index (κ3) is 3.56. The Morgan fingerprint density at radius 3 is 2.48 bits per heavy atom. The van der Waals surface area contributed by atoms with Gasteiger partial charge in [-0.1, -0.05) is 23.2 Å². The molecule has 2 N–H and O–H groups in total. The zero-order chi connectivity index (χ0) is 15.6. The van der Waals surface area contributed by atoms with Crippen molar-refractivity contribution in [2.45, 2.75) is 6.92 Å². The number of halogens is 5. The van der Waals surface area contributed by atoms with Crippen LogP contribution in [0.2, 0.25) is 10.0 Å². The molecule has 8 heteroatoms. The molecule has 1 aromatic heterocycles. The normalized spacial score (nSPS) is 10.6. The molecular formula is C13H10BrCl2F2N3. The van der Waals surface area contributed by atoms with Crippen LogP contribution in [-0.4, -0.2) is 11.5 Å². The average Bonchev–Trinajstić information content (AvgIpc) is 2.44. The summed E-state index contributed by atoms with van der Waals surface area (Å²) in [7, 11) is 0. The highest BCUT2D eigenvalue weighted by atomic mass is 79.9. The molecule has 0 saturated heterocycles. The summed E-state index contributed by atoms with van der Waals surface area (Å²) in [6.07, 6.45) is 0. The van der Waals surface area contributed by atoms with Gasteiger partial charge in [0.1, 0.15) is 0 Å². The Morgan fingerprint density at radius 1 is 1.14 bits per heavy atom. The third-order valence-electron chi connectivity index (χ3n) is 2.56. The SMILES string of the molecule is CCNc1nc(Nc2ccc(Br)c(Cl)c2Cl)c(F)cc1F. The van der Waals surface area contributed by atoms with Crippen molar-refractivity contribution in [2.75, 3.05) is 17.2 Å². The first-order chi connectivity index (χ1) is 9.93. The molecule has 2 rings (SSSR count). The Morgan fingerprint density at radius 2 is 1.81 bits per heavy atom. The van der Waals surface area contributed by atoms with Crippen LogP contribution in [-0.2, 0) is 0 Å². The molecule has 0 amide bonds. The highest BCUT2D eigenvalue weighted by Crippen LogP contribution is 2.37. The van der Waals surface area contributed by atoms with Crippen LogP contribution in [0, 0.1) is 11.6 Å². The van der Waals surface area contributed by atoms with Gasteiger partial charge >= 0.3 is 0 Å². The molecule has 21 heavy (non-hydrogen) atoms. The first-order valence-corrected chi connectivity index (χ1v) is 7.49. The van der Waals surface area contributed by atoms with Gasteiger partial charge in [0.05, 0.1) is 15.7 Å². The van der Waals surface area contributed by atoms with Gasteiger partial charge in [-0.05, 0) is 35.0 Å². The zero-order valence-electron chi connectivity index (χ0n) is 10.8. The summed E-state index contributed by atoms with van der Waals surface area (Å²) in [5, 5.41) is 5.91. The average molecular weight is 397 g/mol. The number of pyridine rings is 1. The van der Waals surface area contributed by atoms with Crippen molar-refractivity contribution in [1.29, 1.82) is 0 Å². The van der Waals surface area contributed by atoms with Crippen molar-refractivity contribution in [2.24, 2.45) is 0 Å². The molecule has 0 radical (unpaired) electrons. The number of hydrogen-bond acceptors (Lipinski definition) is 3. The maximum Gasteiger partial charge on any atom is 0.169 e. The minimum absolute atomic E-state index is 0.0410. The second kappa shape index (κ2) is 6.77. The van der Waals surface area contributed by atoms with E-state index in [0.29, 0.717) is 16.7 Å². The number of aromatic nitrogens is 1. The quantitative estimate of drug-likeness (QED) is 0.660. The van der Waals surface area contributed by atoms with Crippen molar-refractivity contribution >= 4 is 56.5 Å². The molecule has 0 fully saturated rings. The molecule has 0 saturated carbocycles. The number of anilines is 3. The molecule has 1 aromatic carbocycles. The lowest BCUT2D eigenvalue weighted by atomic mass is 10.3. The maximum atomic E-state index is 13.8. The second-order valence-electron chi connectivity index (χ2n) is 4.03. The van der Waals surface area contributed by atoms with Gasteiger partial charge in [-0.25, -0.2) is 13.8 Å². The number of rotatable bonds is 4. The molecule has 0 unspecified atom stereocenters. The lowest BCUT2D eigenvalue weighted by molar-refractivity contribution is 0.579. The number of hydrogen-bond donors (Lipinski definition) is 2. The van der Waals surface area contributed by atoms with Gasteiger partial charge in [-0.3, -0.25) is 0 Å². The van der Waals surface area contributed by atoms with Crippen molar-refractivity contribution in [3.05, 3.63) is 44.4 Å². The van der Waals surface area contributed by atoms with Crippen LogP contribution in [0.4, 0.5) is 26.1 Å². The lowest BCUT2D eigenvalue weighted by Gasteiger charge is -2.12. The fraction of sp³-hybridized carbons (Fsp3) is 0.154. The van der Waals surface area contributed by atoms with Crippen LogP contribution in [0.15, 0.2) is 22.7 Å². The minimum atomic E-state index is -0.829. The lowest BCUT2D eigenvalue weighted by Crippen LogP contribution is -2.06. The van der Waals surface area contributed by atoms with Crippen LogP contribution in [0.1, 0.15) is 6.92 Å². The van der Waals surface area contributed by atoms with Gasteiger partial charge in [-0.2, -0.15) is 0 Å². The Kier molecular flexibility index (Phi) is 5.24. The van der Waals surface area contributed by atoms with E-state index >= 15 is 0 Å². The van der Waals surface area contributed by atoms with Gasteiger partial charge in [0.2, 0.25) is 0 Å². The number of nitrogens with zero attached hydrogens (tertiary/aromatic N) is 1. The predicted octanol–water partition coefficient (Wildman–Crippen LogP) is 5.60. The molecule has 0 aliphatic rings. The van der Waals surface area contributed by atoms with E-state index in [2.05, 4.69) is 31.5 Å². The van der Waals surface area contributed by atoms with E-state index in [9.17, 15) is 8.78 Å². The standard InChI is InChI=1S/C13H10BrCl2F2N3/c1-2-19-12-7(17)5-8(18)13(21-12)20-9-4-3-6(14)10(15)11(9)16/h3-5H,2H2,1H3,(H2,19,20,21). The van der Waals surface area contributed by atoms with Crippen molar-refractivity contribution in [3.8, 4) is 0 Å². The Hall–Kier alpha value is -1.11. The molecule has 3 nitrogen and oxygen atoms in total. The number of nitrogens with one attached hydrogen (secondary N) is 2. The minimum Gasteiger partial charge on any atom is -0.368 e. The van der Waals surface area contributed by atoms with E-state index in [-0.39, 0.29) is 21.7 Å². The summed E-state index contributed by atoms with van der Waals surface area (Å²) in [5.41, 5.74) is 0.366. The summed E-state index contributed by atoms with van der Waals surface area (Å²) in [4.78, 5) is 3.86. The summed E-state index contributed by atoms with van der Waals surface area (Å²) in [6.45, 7) is 2.24. The van der Waals surface area contributed by atoms with Crippen LogP contribution < -0.4 is 10.6 Å². The number of benzene rings is 1. The molecule has 0 aliphatic heterocycles. The fourth-order valence-corrected chi connectivity index (χ4v) is 2.42. The van der Waals surface area contributed by atoms with E-state index in [1.54, 1.807) is 19.1 Å². The van der Waals surface area contributed by atoms with Gasteiger partial charge in [0, 0.05) is 17.1 Å². The summed E-state index contributed by atoms with van der Waals surface area (Å²) < 4.78 is 27.9. The predicted molar refractivity (Wildman–Crippen MR) is 85.8 cm³/mol. The molecule has 2 aromatic rings. The molecular weight excluding hydrogens is 387 g/mol. The van der Waals surface area contributed by atoms with E-state index in [4.69, 9.17) is 23.2 Å². The topological polar surface area (TPSA) is 37.0 Å². The van der Waals surface area contributed by atoms with Crippen molar-refractivity contribution < 1.29 is 8.78 Å². The van der Waals surface area contributed by atoms with Crippen LogP contribution >= 0.6 is 39.1 Å². The summed E-state index contributed by atoms with van der Waals surface area (Å²) >= 11 is 15.3. The second-order valence-corrected chi connectivity index (χ2v) is 5.64. The van der Waals surface area contributed by atoms with Gasteiger partial charge < -0.3 is 10.6 Å². The highest BCUT2D eigenvalue weighted by Gasteiger charge is 2.14. The largest absolute Gasteiger partial charge is 0.368 e. The molecule has 0 spiro atoms. The fourth-order valence-electron chi connectivity index (χ4n) is 1.60. The van der Waals surface area contributed by atoms with Crippen LogP contribution in [0.5, 0.6) is 0 Å². The summed E-state index contributed by atoms with van der Waals surface area (Å²) in [5.74, 6) is -1.78. The smallest absolute Gasteiger partial charge is 0.169 e. The Labute approximate surface area is 138 Å². The van der Waals surface area contributed by atoms with E-state index in [0.717, 1.165) is 6.07 Å². The zero-order valence-corrected chi connectivity index (χ0v) is 13.9. The van der Waals surface area contributed by atoms with Crippen LogP contribution in [0.25, 0.3) is 0 Å². The molecule has 112 valence electrons. The highest BCUT2D eigenvalue weighted by molar-refractivity contribution is 9.10. The van der Waals surface area contributed by atoms with E-state index in [1.165, 1.54) is 0 Å². The molecule has 0 aliphatic carbocycles. The summed E-state index contributed by atoms with van der Waals surface area (Å²) in [6, 6.07) is 4.01. The monoisotopic (exact) mass is 395 g/mol. The molecule has 1 heterocycles. The van der Waals surface area contributed by atoms with Gasteiger partial charge in [0.15, 0.2) is 23.3 Å². The molecule has 0 atom stereocenters. The Bertz CT molecular complexity index is 683. The maximum absolute atomic E-state index is 13.8. The van der Waals surface area contributed by atoms with Crippen molar-refractivity contribution in [3.63, 3.8) is 0 Å². The van der Waals surface area contributed by atoms with Crippen molar-refractivity contribution in [1.82, 2.24) is 4.98 Å². The van der Waals surface area contributed by atoms with E-state index < -0.39 is 11.6 Å². The first kappa shape index (κ1) is 16.3. The van der Waals surface area contributed by atoms with Gasteiger partial charge in [0.25, 0.3) is 0 Å².